The van der Waals surface area contributed by atoms with E-state index in [0.29, 0.717) is 16.0 Å². The highest BCUT2D eigenvalue weighted by Crippen LogP contribution is 2.17. The summed E-state index contributed by atoms with van der Waals surface area (Å²) >= 11 is 0. The van der Waals surface area contributed by atoms with E-state index in [2.05, 4.69) is 0 Å². The smallest absolute Gasteiger partial charge is 0.179 e. The molecule has 2 aromatic rings. The Morgan fingerprint density at radius 2 is 1.55 bits per heavy atom. The third kappa shape index (κ3) is 3.33. The van der Waals surface area contributed by atoms with Gasteiger partial charge in [-0.25, -0.2) is 8.42 Å². The van der Waals surface area contributed by atoms with Crippen molar-refractivity contribution in [3.63, 3.8) is 0 Å². The quantitative estimate of drug-likeness (QED) is 0.795. The Morgan fingerprint density at radius 3 is 2.20 bits per heavy atom. The van der Waals surface area contributed by atoms with Crippen LogP contribution >= 0.6 is 0 Å². The van der Waals surface area contributed by atoms with Gasteiger partial charge >= 0.3 is 0 Å². The summed E-state index contributed by atoms with van der Waals surface area (Å²) in [5.41, 5.74) is 1.26. The minimum Gasteiger partial charge on any atom is -0.294 e. The summed E-state index contributed by atoms with van der Waals surface area (Å²) in [4.78, 5) is 12.2. The van der Waals surface area contributed by atoms with Crippen molar-refractivity contribution in [1.29, 1.82) is 0 Å². The standard InChI is InChI=1S/C16H16O3S/c1-13-7-5-6-10-16(13)20(18,19)12-11-15(17)14-8-3-2-4-9-14/h2-10H,11-12H2,1H3. The van der Waals surface area contributed by atoms with Crippen molar-refractivity contribution in [2.45, 2.75) is 18.2 Å². The summed E-state index contributed by atoms with van der Waals surface area (Å²) in [6.07, 6.45) is 0.000676. The van der Waals surface area contributed by atoms with Gasteiger partial charge in [0.25, 0.3) is 0 Å². The molecule has 0 fully saturated rings. The Hall–Kier alpha value is -1.94. The number of aryl methyl sites for hydroxylation is 1. The average Bonchev–Trinajstić information content (AvgIpc) is 2.46. The second-order valence-corrected chi connectivity index (χ2v) is 6.70. The lowest BCUT2D eigenvalue weighted by molar-refractivity contribution is 0.0989. The zero-order chi connectivity index (χ0) is 14.6. The minimum atomic E-state index is -3.41. The Balaban J connectivity index is 2.11. The molecule has 0 bridgehead atoms. The molecule has 0 atom stereocenters. The van der Waals surface area contributed by atoms with Crippen LogP contribution in [-0.4, -0.2) is 20.0 Å². The van der Waals surface area contributed by atoms with Crippen molar-refractivity contribution < 1.29 is 13.2 Å². The summed E-state index contributed by atoms with van der Waals surface area (Å²) in [5, 5.41) is 0. The van der Waals surface area contributed by atoms with Crippen LogP contribution in [0, 0.1) is 6.92 Å². The summed E-state index contributed by atoms with van der Waals surface area (Å²) in [5.74, 6) is -0.311. The summed E-state index contributed by atoms with van der Waals surface area (Å²) < 4.78 is 24.5. The molecule has 4 heteroatoms. The molecule has 2 rings (SSSR count). The van der Waals surface area contributed by atoms with E-state index in [1.54, 1.807) is 55.5 Å². The van der Waals surface area contributed by atoms with Crippen LogP contribution in [0.3, 0.4) is 0 Å². The Morgan fingerprint density at radius 1 is 0.950 bits per heavy atom. The van der Waals surface area contributed by atoms with Crippen LogP contribution in [0.5, 0.6) is 0 Å². The van der Waals surface area contributed by atoms with Crippen LogP contribution in [0.2, 0.25) is 0 Å². The van der Waals surface area contributed by atoms with Crippen LogP contribution in [0.15, 0.2) is 59.5 Å². The minimum absolute atomic E-state index is 0.000676. The summed E-state index contributed by atoms with van der Waals surface area (Å²) in [6, 6.07) is 15.6. The fourth-order valence-electron chi connectivity index (χ4n) is 2.01. The van der Waals surface area contributed by atoms with Gasteiger partial charge in [-0.05, 0) is 18.6 Å². The van der Waals surface area contributed by atoms with Gasteiger partial charge in [0.05, 0.1) is 10.6 Å². The van der Waals surface area contributed by atoms with E-state index in [4.69, 9.17) is 0 Å². The fraction of sp³-hybridized carbons (Fsp3) is 0.188. The third-order valence-corrected chi connectivity index (χ3v) is 4.99. The summed E-state index contributed by atoms with van der Waals surface area (Å²) in [7, 11) is -3.41. The molecular formula is C16H16O3S. The molecule has 0 aliphatic rings. The molecule has 0 unspecified atom stereocenters. The highest BCUT2D eigenvalue weighted by Gasteiger charge is 2.18. The summed E-state index contributed by atoms with van der Waals surface area (Å²) in [6.45, 7) is 1.76. The van der Waals surface area contributed by atoms with Gasteiger partial charge in [-0.3, -0.25) is 4.79 Å². The first kappa shape index (κ1) is 14.5. The zero-order valence-electron chi connectivity index (χ0n) is 11.2. The predicted molar refractivity (Wildman–Crippen MR) is 78.6 cm³/mol. The number of sulfone groups is 1. The lowest BCUT2D eigenvalue weighted by Gasteiger charge is -2.07. The monoisotopic (exact) mass is 288 g/mol. The number of carbonyl (C=O) groups is 1. The van der Waals surface area contributed by atoms with Crippen molar-refractivity contribution in [3.8, 4) is 0 Å². The lowest BCUT2D eigenvalue weighted by atomic mass is 10.1. The molecule has 0 spiro atoms. The van der Waals surface area contributed by atoms with Crippen molar-refractivity contribution in [1.82, 2.24) is 0 Å². The largest absolute Gasteiger partial charge is 0.294 e. The molecular weight excluding hydrogens is 272 g/mol. The number of benzene rings is 2. The highest BCUT2D eigenvalue weighted by atomic mass is 32.2. The van der Waals surface area contributed by atoms with Crippen molar-refractivity contribution in [3.05, 3.63) is 65.7 Å². The van der Waals surface area contributed by atoms with Gasteiger partial charge < -0.3 is 0 Å². The number of hydrogen-bond donors (Lipinski definition) is 0. The molecule has 3 nitrogen and oxygen atoms in total. The number of Topliss-reactive ketones (excluding diaryl/α,β-unsaturated/α-hetero) is 1. The first-order valence-electron chi connectivity index (χ1n) is 6.37. The van der Waals surface area contributed by atoms with Gasteiger partial charge in [0.15, 0.2) is 15.6 Å². The molecule has 0 saturated heterocycles. The van der Waals surface area contributed by atoms with Crippen LogP contribution in [0.25, 0.3) is 0 Å². The maximum absolute atomic E-state index is 12.2. The van der Waals surface area contributed by atoms with E-state index in [9.17, 15) is 13.2 Å². The molecule has 2 aromatic carbocycles. The van der Waals surface area contributed by atoms with Gasteiger partial charge in [0.2, 0.25) is 0 Å². The molecule has 0 aliphatic carbocycles. The first-order valence-corrected chi connectivity index (χ1v) is 8.02. The van der Waals surface area contributed by atoms with Gasteiger partial charge in [-0.15, -0.1) is 0 Å². The second kappa shape index (κ2) is 6.01. The Bertz CT molecular complexity index is 704. The Kier molecular flexibility index (Phi) is 4.35. The van der Waals surface area contributed by atoms with E-state index >= 15 is 0 Å². The molecule has 0 heterocycles. The van der Waals surface area contributed by atoms with Crippen molar-refractivity contribution >= 4 is 15.6 Å². The van der Waals surface area contributed by atoms with Crippen LogP contribution < -0.4 is 0 Å². The van der Waals surface area contributed by atoms with Crippen LogP contribution in [0.4, 0.5) is 0 Å². The van der Waals surface area contributed by atoms with Crippen LogP contribution in [0.1, 0.15) is 22.3 Å². The molecule has 0 aliphatic heterocycles. The molecule has 0 aromatic heterocycles. The topological polar surface area (TPSA) is 51.2 Å². The first-order chi connectivity index (χ1) is 9.50. The predicted octanol–water partition coefficient (Wildman–Crippen LogP) is 3.04. The van der Waals surface area contributed by atoms with Gasteiger partial charge in [0, 0.05) is 12.0 Å². The van der Waals surface area contributed by atoms with Gasteiger partial charge in [0.1, 0.15) is 0 Å². The molecule has 0 N–H and O–H groups in total. The number of rotatable bonds is 5. The molecule has 0 radical (unpaired) electrons. The number of ketones is 1. The second-order valence-electron chi connectivity index (χ2n) is 4.62. The van der Waals surface area contributed by atoms with Crippen molar-refractivity contribution in [2.24, 2.45) is 0 Å². The van der Waals surface area contributed by atoms with E-state index in [1.807, 2.05) is 6.07 Å². The maximum Gasteiger partial charge on any atom is 0.179 e. The SMILES string of the molecule is Cc1ccccc1S(=O)(=O)CCC(=O)c1ccccc1. The molecule has 104 valence electrons. The van der Waals surface area contributed by atoms with Crippen molar-refractivity contribution in [2.75, 3.05) is 5.75 Å². The fourth-order valence-corrected chi connectivity index (χ4v) is 3.53. The van der Waals surface area contributed by atoms with E-state index in [1.165, 1.54) is 0 Å². The van der Waals surface area contributed by atoms with E-state index in [-0.39, 0.29) is 18.0 Å². The van der Waals surface area contributed by atoms with E-state index < -0.39 is 9.84 Å². The number of carbonyl (C=O) groups excluding carboxylic acids is 1. The molecule has 20 heavy (non-hydrogen) atoms. The highest BCUT2D eigenvalue weighted by molar-refractivity contribution is 7.91. The lowest BCUT2D eigenvalue weighted by Crippen LogP contribution is -2.12. The van der Waals surface area contributed by atoms with E-state index in [0.717, 1.165) is 0 Å². The molecule has 0 amide bonds. The van der Waals surface area contributed by atoms with Gasteiger partial charge in [-0.1, -0.05) is 48.5 Å². The zero-order valence-corrected chi connectivity index (χ0v) is 12.1. The molecule has 0 saturated carbocycles. The number of hydrogen-bond acceptors (Lipinski definition) is 3. The maximum atomic E-state index is 12.2. The van der Waals surface area contributed by atoms with Gasteiger partial charge in [-0.2, -0.15) is 0 Å². The third-order valence-electron chi connectivity index (χ3n) is 3.12. The van der Waals surface area contributed by atoms with Crippen LogP contribution in [-0.2, 0) is 9.84 Å². The normalized spacial score (nSPS) is 11.2. The average molecular weight is 288 g/mol. The Labute approximate surface area is 119 Å².